The average molecular weight is 456 g/mol. The van der Waals surface area contributed by atoms with Gasteiger partial charge in [0.2, 0.25) is 10.0 Å². The lowest BCUT2D eigenvalue weighted by atomic mass is 10.1. The van der Waals surface area contributed by atoms with Crippen LogP contribution in [0.5, 0.6) is 0 Å². The van der Waals surface area contributed by atoms with E-state index < -0.39 is 40.1 Å². The van der Waals surface area contributed by atoms with Gasteiger partial charge in [-0.25, -0.2) is 18.1 Å². The van der Waals surface area contributed by atoms with Crippen molar-refractivity contribution in [2.45, 2.75) is 11.1 Å². The fraction of sp³-hybridized carbons (Fsp3) is 0.211. The minimum absolute atomic E-state index is 0.0180. The molecule has 0 unspecified atom stereocenters. The van der Waals surface area contributed by atoms with Gasteiger partial charge >= 0.3 is 6.18 Å². The number of hydrazone groups is 1. The molecule has 0 spiro atoms. The van der Waals surface area contributed by atoms with Crippen LogP contribution in [-0.2, 0) is 21.0 Å². The molecule has 0 fully saturated rings. The molecule has 0 aliphatic heterocycles. The van der Waals surface area contributed by atoms with Gasteiger partial charge in [0, 0.05) is 19.7 Å². The van der Waals surface area contributed by atoms with Gasteiger partial charge in [-0.15, -0.1) is 0 Å². The largest absolute Gasteiger partial charge is 0.416 e. The number of halogens is 3. The smallest absolute Gasteiger partial charge is 0.343 e. The summed E-state index contributed by atoms with van der Waals surface area (Å²) in [5.74, 6) is -1.26. The van der Waals surface area contributed by atoms with Gasteiger partial charge in [0.25, 0.3) is 11.8 Å². The number of amides is 2. The first-order valence-electron chi connectivity index (χ1n) is 8.71. The summed E-state index contributed by atoms with van der Waals surface area (Å²) in [6.07, 6.45) is -3.28. The Bertz CT molecular complexity index is 1060. The van der Waals surface area contributed by atoms with Gasteiger partial charge in [0.05, 0.1) is 23.2 Å². The zero-order valence-electron chi connectivity index (χ0n) is 16.5. The summed E-state index contributed by atoms with van der Waals surface area (Å²) in [5, 5.41) is 5.95. The maximum absolute atomic E-state index is 12.5. The van der Waals surface area contributed by atoms with Crippen LogP contribution in [0.15, 0.2) is 58.5 Å². The van der Waals surface area contributed by atoms with Crippen LogP contribution in [0.1, 0.15) is 21.5 Å². The number of carbonyl (C=O) groups excluding carboxylic acids is 2. The van der Waals surface area contributed by atoms with Crippen LogP contribution >= 0.6 is 0 Å². The highest BCUT2D eigenvalue weighted by Gasteiger charge is 2.29. The molecule has 2 N–H and O–H groups in total. The Balaban J connectivity index is 1.85. The van der Waals surface area contributed by atoms with Crippen molar-refractivity contribution in [3.05, 3.63) is 65.2 Å². The van der Waals surface area contributed by atoms with Crippen LogP contribution in [0.25, 0.3) is 0 Å². The third-order valence-corrected chi connectivity index (χ3v) is 5.77. The standard InChI is InChI=1S/C19H19F3N4O4S/c1-26(2)31(29,30)16-9-5-14(6-10-16)18(28)23-12-17(27)25-24-11-13-3-7-15(8-4-13)19(20,21)22/h3-11H,12H2,1-2H3,(H,23,28)(H,25,27)/b24-11+. The minimum atomic E-state index is -4.44. The quantitative estimate of drug-likeness (QED) is 0.490. The van der Waals surface area contributed by atoms with Crippen molar-refractivity contribution in [3.63, 3.8) is 0 Å². The third-order valence-electron chi connectivity index (χ3n) is 3.95. The van der Waals surface area contributed by atoms with E-state index in [1.807, 2.05) is 0 Å². The third kappa shape index (κ3) is 6.62. The van der Waals surface area contributed by atoms with Crippen molar-refractivity contribution >= 4 is 28.1 Å². The van der Waals surface area contributed by atoms with Gasteiger partial charge in [-0.1, -0.05) is 12.1 Å². The van der Waals surface area contributed by atoms with Crippen LogP contribution in [0, 0.1) is 0 Å². The molecule has 2 rings (SSSR count). The van der Waals surface area contributed by atoms with Crippen molar-refractivity contribution in [1.82, 2.24) is 15.0 Å². The van der Waals surface area contributed by atoms with E-state index in [-0.39, 0.29) is 10.5 Å². The summed E-state index contributed by atoms with van der Waals surface area (Å²) in [4.78, 5) is 23.8. The lowest BCUT2D eigenvalue weighted by Crippen LogP contribution is -2.34. The SMILES string of the molecule is CN(C)S(=O)(=O)c1ccc(C(=O)NCC(=O)N/N=C/c2ccc(C(F)(F)F)cc2)cc1. The average Bonchev–Trinajstić information content (AvgIpc) is 2.71. The number of hydrogen-bond donors (Lipinski definition) is 2. The Labute approximate surface area is 176 Å². The fourth-order valence-electron chi connectivity index (χ4n) is 2.23. The Hall–Kier alpha value is -3.25. The molecule has 0 aliphatic rings. The van der Waals surface area contributed by atoms with Gasteiger partial charge < -0.3 is 5.32 Å². The number of benzene rings is 2. The van der Waals surface area contributed by atoms with E-state index in [4.69, 9.17) is 0 Å². The normalized spacial score (nSPS) is 12.2. The molecule has 0 saturated carbocycles. The number of rotatable bonds is 7. The number of alkyl halides is 3. The topological polar surface area (TPSA) is 108 Å². The van der Waals surface area contributed by atoms with Crippen molar-refractivity contribution in [2.75, 3.05) is 20.6 Å². The first-order valence-corrected chi connectivity index (χ1v) is 10.2. The Morgan fingerprint density at radius 3 is 2.13 bits per heavy atom. The Morgan fingerprint density at radius 1 is 1.03 bits per heavy atom. The zero-order valence-corrected chi connectivity index (χ0v) is 17.3. The number of sulfonamides is 1. The number of hydrogen-bond acceptors (Lipinski definition) is 5. The molecule has 0 radical (unpaired) electrons. The Kier molecular flexibility index (Phi) is 7.52. The van der Waals surface area contributed by atoms with Gasteiger partial charge in [-0.05, 0) is 42.0 Å². The predicted molar refractivity (Wildman–Crippen MR) is 107 cm³/mol. The molecule has 0 bridgehead atoms. The molecule has 166 valence electrons. The summed E-state index contributed by atoms with van der Waals surface area (Å²) in [7, 11) is -0.855. The van der Waals surface area contributed by atoms with E-state index in [0.29, 0.717) is 5.56 Å². The van der Waals surface area contributed by atoms with Crippen molar-refractivity contribution in [3.8, 4) is 0 Å². The van der Waals surface area contributed by atoms with Gasteiger partial charge in [0.15, 0.2) is 0 Å². The van der Waals surface area contributed by atoms with Crippen LogP contribution < -0.4 is 10.7 Å². The van der Waals surface area contributed by atoms with Crippen molar-refractivity contribution in [2.24, 2.45) is 5.10 Å². The first kappa shape index (κ1) is 24.0. The van der Waals surface area contributed by atoms with Crippen LogP contribution in [-0.4, -0.2) is 51.4 Å². The van der Waals surface area contributed by atoms with E-state index in [1.165, 1.54) is 50.5 Å². The molecule has 8 nitrogen and oxygen atoms in total. The number of nitrogens with zero attached hydrogens (tertiary/aromatic N) is 2. The number of nitrogens with one attached hydrogen (secondary N) is 2. The molecule has 0 atom stereocenters. The summed E-state index contributed by atoms with van der Waals surface area (Å²) in [6, 6.07) is 9.34. The Morgan fingerprint density at radius 2 is 1.61 bits per heavy atom. The molecular weight excluding hydrogens is 437 g/mol. The van der Waals surface area contributed by atoms with Gasteiger partial charge in [-0.2, -0.15) is 18.3 Å². The van der Waals surface area contributed by atoms with E-state index in [1.54, 1.807) is 0 Å². The highest BCUT2D eigenvalue weighted by atomic mass is 32.2. The monoisotopic (exact) mass is 456 g/mol. The lowest BCUT2D eigenvalue weighted by Gasteiger charge is -2.11. The van der Waals surface area contributed by atoms with E-state index >= 15 is 0 Å². The van der Waals surface area contributed by atoms with Crippen LogP contribution in [0.3, 0.4) is 0 Å². The second kappa shape index (κ2) is 9.71. The highest BCUT2D eigenvalue weighted by Crippen LogP contribution is 2.28. The van der Waals surface area contributed by atoms with E-state index in [2.05, 4.69) is 15.8 Å². The van der Waals surface area contributed by atoms with E-state index in [9.17, 15) is 31.2 Å². The molecule has 31 heavy (non-hydrogen) atoms. The maximum Gasteiger partial charge on any atom is 0.416 e. The van der Waals surface area contributed by atoms with Gasteiger partial charge in [0.1, 0.15) is 0 Å². The maximum atomic E-state index is 12.5. The minimum Gasteiger partial charge on any atom is -0.343 e. The highest BCUT2D eigenvalue weighted by molar-refractivity contribution is 7.89. The second-order valence-electron chi connectivity index (χ2n) is 6.41. The summed E-state index contributed by atoms with van der Waals surface area (Å²) in [5.41, 5.74) is 1.82. The van der Waals surface area contributed by atoms with Crippen LogP contribution in [0.2, 0.25) is 0 Å². The first-order chi connectivity index (χ1) is 14.4. The summed E-state index contributed by atoms with van der Waals surface area (Å²) in [6.45, 7) is -0.416. The molecule has 0 saturated heterocycles. The molecule has 0 heterocycles. The lowest BCUT2D eigenvalue weighted by molar-refractivity contribution is -0.137. The fourth-order valence-corrected chi connectivity index (χ4v) is 3.13. The van der Waals surface area contributed by atoms with Crippen molar-refractivity contribution < 1.29 is 31.2 Å². The summed E-state index contributed by atoms with van der Waals surface area (Å²) < 4.78 is 62.5. The molecule has 0 aliphatic carbocycles. The molecule has 2 aromatic carbocycles. The molecule has 2 aromatic rings. The molecule has 2 amide bonds. The molecule has 0 aromatic heterocycles. The molecule has 12 heteroatoms. The van der Waals surface area contributed by atoms with Crippen molar-refractivity contribution in [1.29, 1.82) is 0 Å². The van der Waals surface area contributed by atoms with Gasteiger partial charge in [-0.3, -0.25) is 9.59 Å². The predicted octanol–water partition coefficient (Wildman–Crippen LogP) is 1.84. The van der Waals surface area contributed by atoms with E-state index in [0.717, 1.165) is 22.7 Å². The second-order valence-corrected chi connectivity index (χ2v) is 8.56. The summed E-state index contributed by atoms with van der Waals surface area (Å²) >= 11 is 0. The number of carbonyl (C=O) groups is 2. The zero-order chi connectivity index (χ0) is 23.2. The van der Waals surface area contributed by atoms with Crippen LogP contribution in [0.4, 0.5) is 13.2 Å². The molecular formula is C19H19F3N4O4S.